The maximum Gasteiger partial charge on any atom is 0.214 e. The molecule has 5 rings (SSSR count). The second-order valence-electron chi connectivity index (χ2n) is 8.08. The first-order chi connectivity index (χ1) is 12.6. The van der Waals surface area contributed by atoms with Gasteiger partial charge in [0.25, 0.3) is 0 Å². The van der Waals surface area contributed by atoms with Crippen molar-refractivity contribution in [3.63, 3.8) is 0 Å². The fourth-order valence-electron chi connectivity index (χ4n) is 4.97. The van der Waals surface area contributed by atoms with Gasteiger partial charge in [-0.2, -0.15) is 0 Å². The summed E-state index contributed by atoms with van der Waals surface area (Å²) in [6.45, 7) is 3.23. The van der Waals surface area contributed by atoms with Crippen LogP contribution >= 0.6 is 0 Å². The number of aromatic amines is 1. The number of nitrogens with zero attached hydrogens (tertiary/aromatic N) is 2. The number of aromatic nitrogens is 2. The lowest BCUT2D eigenvalue weighted by Gasteiger charge is -2.32. The van der Waals surface area contributed by atoms with E-state index >= 15 is 0 Å². The van der Waals surface area contributed by atoms with Crippen molar-refractivity contribution in [1.29, 1.82) is 0 Å². The Morgan fingerprint density at radius 3 is 2.96 bits per heavy atom. The minimum atomic E-state index is -3.12. The van der Waals surface area contributed by atoms with Gasteiger partial charge in [-0.25, -0.2) is 18.1 Å². The summed E-state index contributed by atoms with van der Waals surface area (Å²) in [5.41, 5.74) is 3.56. The molecule has 0 radical (unpaired) electrons. The topological polar surface area (TPSA) is 78.1 Å². The van der Waals surface area contributed by atoms with E-state index in [1.54, 1.807) is 0 Å². The van der Waals surface area contributed by atoms with Crippen molar-refractivity contribution in [1.82, 2.24) is 14.7 Å². The Kier molecular flexibility index (Phi) is 3.79. The molecule has 6 nitrogen and oxygen atoms in total. The molecule has 0 bridgehead atoms. The summed E-state index contributed by atoms with van der Waals surface area (Å²) < 4.78 is 27.8. The molecule has 2 aromatic rings. The molecule has 0 amide bonds. The molecule has 26 heavy (non-hydrogen) atoms. The van der Waals surface area contributed by atoms with Crippen LogP contribution in [0.1, 0.15) is 44.6 Å². The normalized spacial score (nSPS) is 28.8. The number of hydrogen-bond donors (Lipinski definition) is 2. The van der Waals surface area contributed by atoms with Crippen molar-refractivity contribution < 1.29 is 8.42 Å². The van der Waals surface area contributed by atoms with Gasteiger partial charge in [-0.3, -0.25) is 0 Å². The van der Waals surface area contributed by atoms with Crippen molar-refractivity contribution in [2.75, 3.05) is 11.4 Å². The highest BCUT2D eigenvalue weighted by Crippen LogP contribution is 2.42. The van der Waals surface area contributed by atoms with Crippen LogP contribution in [0, 0.1) is 5.92 Å². The van der Waals surface area contributed by atoms with Gasteiger partial charge in [0.2, 0.25) is 10.0 Å². The standard InChI is InChI=1S/C19H26N4O2S/c1-2-12-9-14(22-26(24,25)15-3-4-15)10-17(12)23-8-6-13-11-21-19-16(18(13)23)5-7-20-19/h5,7,11-12,14-15,17,22H,2-4,6,8-10H2,1H3,(H,20,21)/t12-,14+,17+/m1/s1. The first kappa shape index (κ1) is 16.6. The Balaban J connectivity index is 1.43. The van der Waals surface area contributed by atoms with Gasteiger partial charge in [0, 0.05) is 36.4 Å². The van der Waals surface area contributed by atoms with E-state index in [2.05, 4.69) is 32.6 Å². The van der Waals surface area contributed by atoms with Gasteiger partial charge < -0.3 is 9.88 Å². The van der Waals surface area contributed by atoms with Crippen molar-refractivity contribution >= 4 is 26.7 Å². The average molecular weight is 375 g/mol. The Morgan fingerprint density at radius 1 is 1.35 bits per heavy atom. The molecular weight excluding hydrogens is 348 g/mol. The minimum Gasteiger partial charge on any atom is -0.367 e. The summed E-state index contributed by atoms with van der Waals surface area (Å²) in [7, 11) is -3.12. The van der Waals surface area contributed by atoms with Crippen LogP contribution < -0.4 is 9.62 Å². The number of sulfonamides is 1. The summed E-state index contributed by atoms with van der Waals surface area (Å²) in [5, 5.41) is 1.05. The quantitative estimate of drug-likeness (QED) is 0.843. The van der Waals surface area contributed by atoms with Crippen LogP contribution in [0.25, 0.3) is 11.0 Å². The van der Waals surface area contributed by atoms with E-state index in [1.807, 2.05) is 12.4 Å². The number of nitrogens with one attached hydrogen (secondary N) is 2. The Morgan fingerprint density at radius 2 is 2.19 bits per heavy atom. The van der Waals surface area contributed by atoms with Crippen LogP contribution in [0.5, 0.6) is 0 Å². The fourth-order valence-corrected chi connectivity index (χ4v) is 6.57. The van der Waals surface area contributed by atoms with Gasteiger partial charge in [-0.15, -0.1) is 0 Å². The Hall–Kier alpha value is -1.60. The lowest BCUT2D eigenvalue weighted by Crippen LogP contribution is -2.39. The molecule has 2 fully saturated rings. The zero-order chi connectivity index (χ0) is 17.9. The monoisotopic (exact) mass is 374 g/mol. The van der Waals surface area contributed by atoms with Gasteiger partial charge >= 0.3 is 0 Å². The van der Waals surface area contributed by atoms with Crippen LogP contribution in [-0.4, -0.2) is 42.3 Å². The van der Waals surface area contributed by atoms with Gasteiger partial charge in [-0.05, 0) is 49.7 Å². The summed E-state index contributed by atoms with van der Waals surface area (Å²) in [4.78, 5) is 10.3. The van der Waals surface area contributed by atoms with Crippen molar-refractivity contribution in [2.24, 2.45) is 5.92 Å². The van der Waals surface area contributed by atoms with Crippen LogP contribution in [0.2, 0.25) is 0 Å². The van der Waals surface area contributed by atoms with E-state index in [0.717, 1.165) is 50.7 Å². The number of hydrogen-bond acceptors (Lipinski definition) is 4. The molecule has 3 atom stereocenters. The Labute approximate surface area is 154 Å². The Bertz CT molecular complexity index is 934. The van der Waals surface area contributed by atoms with Crippen LogP contribution in [0.4, 0.5) is 5.69 Å². The molecule has 2 aliphatic carbocycles. The lowest BCUT2D eigenvalue weighted by molar-refractivity contribution is 0.441. The van der Waals surface area contributed by atoms with Gasteiger partial charge in [-0.1, -0.05) is 13.3 Å². The molecule has 2 N–H and O–H groups in total. The van der Waals surface area contributed by atoms with E-state index in [1.165, 1.54) is 16.6 Å². The highest BCUT2D eigenvalue weighted by Gasteiger charge is 2.43. The third-order valence-electron chi connectivity index (χ3n) is 6.42. The minimum absolute atomic E-state index is 0.0724. The van der Waals surface area contributed by atoms with Crippen molar-refractivity contribution in [2.45, 2.75) is 62.8 Å². The molecular formula is C19H26N4O2S. The van der Waals surface area contributed by atoms with Crippen molar-refractivity contribution in [3.8, 4) is 0 Å². The van der Waals surface area contributed by atoms with Crippen molar-refractivity contribution in [3.05, 3.63) is 24.0 Å². The van der Waals surface area contributed by atoms with E-state index in [4.69, 9.17) is 0 Å². The maximum absolute atomic E-state index is 12.4. The third-order valence-corrected chi connectivity index (χ3v) is 8.43. The average Bonchev–Trinajstić information content (AvgIpc) is 3.06. The summed E-state index contributed by atoms with van der Waals surface area (Å²) >= 11 is 0. The highest BCUT2D eigenvalue weighted by molar-refractivity contribution is 7.90. The largest absolute Gasteiger partial charge is 0.367 e. The van der Waals surface area contributed by atoms with Gasteiger partial charge in [0.1, 0.15) is 5.65 Å². The first-order valence-corrected chi connectivity index (χ1v) is 11.3. The second-order valence-corrected chi connectivity index (χ2v) is 10.1. The molecule has 0 spiro atoms. The van der Waals surface area contributed by atoms with E-state index < -0.39 is 10.0 Å². The molecule has 3 aliphatic rings. The smallest absolute Gasteiger partial charge is 0.214 e. The molecule has 3 heterocycles. The molecule has 0 saturated heterocycles. The lowest BCUT2D eigenvalue weighted by atomic mass is 9.99. The fraction of sp³-hybridized carbons (Fsp3) is 0.632. The van der Waals surface area contributed by atoms with E-state index in [0.29, 0.717) is 12.0 Å². The summed E-state index contributed by atoms with van der Waals surface area (Å²) in [6, 6.07) is 2.58. The molecule has 7 heteroatoms. The van der Waals surface area contributed by atoms with Gasteiger partial charge in [0.15, 0.2) is 0 Å². The van der Waals surface area contributed by atoms with Crippen LogP contribution in [0.15, 0.2) is 18.5 Å². The zero-order valence-electron chi connectivity index (χ0n) is 15.1. The molecule has 0 aromatic carbocycles. The van der Waals surface area contributed by atoms with E-state index in [9.17, 15) is 8.42 Å². The maximum atomic E-state index is 12.4. The number of rotatable bonds is 5. The highest BCUT2D eigenvalue weighted by atomic mass is 32.2. The molecule has 2 saturated carbocycles. The number of fused-ring (bicyclic) bond motifs is 3. The summed E-state index contributed by atoms with van der Waals surface area (Å²) in [6.07, 6.45) is 9.54. The van der Waals surface area contributed by atoms with Crippen LogP contribution in [-0.2, 0) is 16.4 Å². The van der Waals surface area contributed by atoms with Gasteiger partial charge in [0.05, 0.1) is 10.9 Å². The van der Waals surface area contributed by atoms with E-state index in [-0.39, 0.29) is 11.3 Å². The first-order valence-electron chi connectivity index (χ1n) is 9.79. The summed E-state index contributed by atoms with van der Waals surface area (Å²) in [5.74, 6) is 0.523. The predicted molar refractivity (Wildman–Crippen MR) is 103 cm³/mol. The molecule has 1 aliphatic heterocycles. The zero-order valence-corrected chi connectivity index (χ0v) is 15.9. The predicted octanol–water partition coefficient (Wildman–Crippen LogP) is 2.56. The second kappa shape index (κ2) is 5.96. The molecule has 0 unspecified atom stereocenters. The number of pyridine rings is 1. The third kappa shape index (κ3) is 2.63. The molecule has 2 aromatic heterocycles. The number of anilines is 1. The SMILES string of the molecule is CC[C@@H]1C[C@H](NS(=O)(=O)C2CC2)C[C@@H]1N1CCc2cnc3[nH]ccc3c21. The molecule has 140 valence electrons. The number of H-pyrrole nitrogens is 1. The van der Waals surface area contributed by atoms with Crippen LogP contribution in [0.3, 0.4) is 0 Å².